The first-order valence-electron chi connectivity index (χ1n) is 10.2. The third-order valence-electron chi connectivity index (χ3n) is 5.77. The quantitative estimate of drug-likeness (QED) is 0.368. The topological polar surface area (TPSA) is 25.2 Å². The number of aromatic nitrogens is 1. The molecule has 0 spiro atoms. The van der Waals surface area contributed by atoms with Crippen LogP contribution >= 0.6 is 0 Å². The lowest BCUT2D eigenvalue weighted by Gasteiger charge is -2.28. The lowest BCUT2D eigenvalue weighted by molar-refractivity contribution is 0.103. The van der Waals surface area contributed by atoms with Gasteiger partial charge in [0.05, 0.1) is 11.7 Å². The average molecular weight is 395 g/mol. The highest BCUT2D eigenvalue weighted by Crippen LogP contribution is 2.35. The van der Waals surface area contributed by atoms with Crippen LogP contribution in [0.15, 0.2) is 97.1 Å². The molecular weight excluding hydrogens is 368 g/mol. The zero-order chi connectivity index (χ0) is 21.1. The van der Waals surface area contributed by atoms with E-state index in [1.54, 1.807) is 0 Å². The Hall–Kier alpha value is -3.59. The molecule has 3 heteroatoms. The molecule has 1 heterocycles. The zero-order valence-electron chi connectivity index (χ0n) is 17.6. The summed E-state index contributed by atoms with van der Waals surface area (Å²) in [6, 6.07) is 32.3. The van der Waals surface area contributed by atoms with Gasteiger partial charge in [-0.25, -0.2) is 0 Å². The molecule has 30 heavy (non-hydrogen) atoms. The van der Waals surface area contributed by atoms with E-state index in [2.05, 4.69) is 61.3 Å². The zero-order valence-corrected chi connectivity index (χ0v) is 17.6. The summed E-state index contributed by atoms with van der Waals surface area (Å²) in [5, 5.41) is 0. The Kier molecular flexibility index (Phi) is 5.53. The highest BCUT2D eigenvalue weighted by Gasteiger charge is 2.24. The fourth-order valence-corrected chi connectivity index (χ4v) is 3.92. The Morgan fingerprint density at radius 3 is 1.97 bits per heavy atom. The molecular formula is C27H26N2O. The Morgan fingerprint density at radius 2 is 1.37 bits per heavy atom. The normalized spacial score (nSPS) is 11.8. The van der Waals surface area contributed by atoms with E-state index >= 15 is 0 Å². The van der Waals surface area contributed by atoms with E-state index in [1.807, 2.05) is 66.2 Å². The molecule has 0 aliphatic carbocycles. The molecule has 3 nitrogen and oxygen atoms in total. The third kappa shape index (κ3) is 3.67. The molecule has 0 saturated carbocycles. The van der Waals surface area contributed by atoms with Gasteiger partial charge in [0.2, 0.25) is 5.78 Å². The number of ketones is 1. The molecule has 4 rings (SSSR count). The second-order valence-corrected chi connectivity index (χ2v) is 7.58. The van der Waals surface area contributed by atoms with Gasteiger partial charge in [-0.2, -0.15) is 0 Å². The van der Waals surface area contributed by atoms with Crippen LogP contribution in [0.2, 0.25) is 0 Å². The van der Waals surface area contributed by atoms with Crippen LogP contribution in [-0.4, -0.2) is 17.4 Å². The van der Waals surface area contributed by atoms with Crippen LogP contribution in [0.5, 0.6) is 0 Å². The van der Waals surface area contributed by atoms with Crippen LogP contribution in [0.1, 0.15) is 34.6 Å². The lowest BCUT2D eigenvalue weighted by Crippen LogP contribution is -2.24. The Labute approximate surface area is 178 Å². The number of carbonyl (C=O) groups is 1. The lowest BCUT2D eigenvalue weighted by atomic mass is 10.0. The van der Waals surface area contributed by atoms with Crippen molar-refractivity contribution in [3.63, 3.8) is 0 Å². The van der Waals surface area contributed by atoms with Gasteiger partial charge in [-0.1, -0.05) is 91.0 Å². The van der Waals surface area contributed by atoms with Gasteiger partial charge in [0.15, 0.2) is 0 Å². The summed E-state index contributed by atoms with van der Waals surface area (Å²) in [4.78, 5) is 15.7. The first-order valence-corrected chi connectivity index (χ1v) is 10.2. The summed E-state index contributed by atoms with van der Waals surface area (Å²) in [5.41, 5.74) is 4.63. The summed E-state index contributed by atoms with van der Waals surface area (Å²) in [5.74, 6) is 1.04. The molecule has 0 aliphatic rings. The van der Waals surface area contributed by atoms with Crippen LogP contribution in [0.3, 0.4) is 0 Å². The standard InChI is InChI=1S/C27H26N2O/c1-20(21-13-7-4-8-14-21)28(2)25-19-24(22-15-9-5-10-16-22)26(29(25)3)27(30)23-17-11-6-12-18-23/h4-20H,1-3H3. The molecule has 4 aromatic rings. The van der Waals surface area contributed by atoms with Crippen LogP contribution < -0.4 is 4.90 Å². The summed E-state index contributed by atoms with van der Waals surface area (Å²) in [6.45, 7) is 2.18. The van der Waals surface area contributed by atoms with Crippen LogP contribution in [0.25, 0.3) is 11.1 Å². The van der Waals surface area contributed by atoms with Crippen LogP contribution in [0.4, 0.5) is 5.82 Å². The molecule has 1 atom stereocenters. The molecule has 0 amide bonds. The molecule has 0 bridgehead atoms. The van der Waals surface area contributed by atoms with E-state index in [9.17, 15) is 4.79 Å². The number of rotatable bonds is 6. The number of benzene rings is 3. The maximum absolute atomic E-state index is 13.5. The molecule has 1 aromatic heterocycles. The number of nitrogens with zero attached hydrogens (tertiary/aromatic N) is 2. The van der Waals surface area contributed by atoms with Crippen molar-refractivity contribution in [1.29, 1.82) is 0 Å². The highest BCUT2D eigenvalue weighted by molar-refractivity contribution is 6.12. The maximum atomic E-state index is 13.5. The predicted octanol–water partition coefficient (Wildman–Crippen LogP) is 6.12. The summed E-state index contributed by atoms with van der Waals surface area (Å²) >= 11 is 0. The number of carbonyl (C=O) groups excluding carboxylic acids is 1. The second kappa shape index (κ2) is 8.42. The molecule has 0 fully saturated rings. The minimum Gasteiger partial charge on any atom is -0.354 e. The van der Waals surface area contributed by atoms with E-state index in [4.69, 9.17) is 0 Å². The van der Waals surface area contributed by atoms with Crippen molar-refractivity contribution in [2.24, 2.45) is 7.05 Å². The average Bonchev–Trinajstić information content (AvgIpc) is 3.16. The van der Waals surface area contributed by atoms with E-state index in [0.717, 1.165) is 16.9 Å². The van der Waals surface area contributed by atoms with Gasteiger partial charge in [-0.15, -0.1) is 0 Å². The van der Waals surface area contributed by atoms with Crippen LogP contribution in [0, 0.1) is 0 Å². The first-order chi connectivity index (χ1) is 14.6. The van der Waals surface area contributed by atoms with Crippen molar-refractivity contribution in [2.45, 2.75) is 13.0 Å². The minimum atomic E-state index is 0.0315. The van der Waals surface area contributed by atoms with Crippen molar-refractivity contribution in [1.82, 2.24) is 4.57 Å². The summed E-state index contributed by atoms with van der Waals surface area (Å²) < 4.78 is 2.02. The van der Waals surface area contributed by atoms with Gasteiger partial charge in [-0.3, -0.25) is 4.79 Å². The smallest absolute Gasteiger partial charge is 0.210 e. The van der Waals surface area contributed by atoms with Crippen molar-refractivity contribution in [3.8, 4) is 11.1 Å². The molecule has 0 N–H and O–H groups in total. The van der Waals surface area contributed by atoms with Crippen molar-refractivity contribution >= 4 is 11.6 Å². The van der Waals surface area contributed by atoms with Crippen molar-refractivity contribution in [2.75, 3.05) is 11.9 Å². The van der Waals surface area contributed by atoms with Gasteiger partial charge in [0, 0.05) is 25.2 Å². The molecule has 3 aromatic carbocycles. The number of hydrogen-bond acceptors (Lipinski definition) is 2. The molecule has 0 saturated heterocycles. The van der Waals surface area contributed by atoms with Crippen LogP contribution in [-0.2, 0) is 7.05 Å². The van der Waals surface area contributed by atoms with E-state index in [-0.39, 0.29) is 11.8 Å². The fourth-order valence-electron chi connectivity index (χ4n) is 3.92. The second-order valence-electron chi connectivity index (χ2n) is 7.58. The van der Waals surface area contributed by atoms with E-state index < -0.39 is 0 Å². The molecule has 0 aliphatic heterocycles. The van der Waals surface area contributed by atoms with Gasteiger partial charge in [-0.05, 0) is 24.1 Å². The van der Waals surface area contributed by atoms with Crippen molar-refractivity contribution in [3.05, 3.63) is 114 Å². The van der Waals surface area contributed by atoms with Gasteiger partial charge < -0.3 is 9.47 Å². The molecule has 0 radical (unpaired) electrons. The van der Waals surface area contributed by atoms with E-state index in [0.29, 0.717) is 11.3 Å². The van der Waals surface area contributed by atoms with Gasteiger partial charge in [0.25, 0.3) is 0 Å². The largest absolute Gasteiger partial charge is 0.354 e. The highest BCUT2D eigenvalue weighted by atomic mass is 16.1. The summed E-state index contributed by atoms with van der Waals surface area (Å²) in [6.07, 6.45) is 0. The summed E-state index contributed by atoms with van der Waals surface area (Å²) in [7, 11) is 4.06. The molecule has 1 unspecified atom stereocenters. The third-order valence-corrected chi connectivity index (χ3v) is 5.77. The Bertz CT molecular complexity index is 1130. The van der Waals surface area contributed by atoms with Gasteiger partial charge in [0.1, 0.15) is 5.82 Å². The Morgan fingerprint density at radius 1 is 0.833 bits per heavy atom. The predicted molar refractivity (Wildman–Crippen MR) is 124 cm³/mol. The maximum Gasteiger partial charge on any atom is 0.210 e. The van der Waals surface area contributed by atoms with E-state index in [1.165, 1.54) is 5.56 Å². The van der Waals surface area contributed by atoms with Crippen molar-refractivity contribution < 1.29 is 4.79 Å². The monoisotopic (exact) mass is 394 g/mol. The fraction of sp³-hybridized carbons (Fsp3) is 0.148. The first kappa shape index (κ1) is 19.7. The number of hydrogen-bond donors (Lipinski definition) is 0. The van der Waals surface area contributed by atoms with Gasteiger partial charge >= 0.3 is 0 Å². The SMILES string of the molecule is CC(c1ccccc1)N(C)c1cc(-c2ccccc2)c(C(=O)c2ccccc2)n1C. The number of anilines is 1. The minimum absolute atomic E-state index is 0.0315. The Balaban J connectivity index is 1.83. The molecule has 150 valence electrons.